The minimum absolute atomic E-state index is 0.201. The maximum atomic E-state index is 13.5. The molecule has 6 nitrogen and oxygen atoms in total. The number of hydrogen-bond donors (Lipinski definition) is 0. The Morgan fingerprint density at radius 2 is 1.67 bits per heavy atom. The monoisotopic (exact) mass is 508 g/mol. The van der Waals surface area contributed by atoms with E-state index in [4.69, 9.17) is 9.47 Å². The van der Waals surface area contributed by atoms with Gasteiger partial charge < -0.3 is 9.47 Å². The molecule has 0 unspecified atom stereocenters. The van der Waals surface area contributed by atoms with E-state index in [0.717, 1.165) is 41.3 Å². The molecule has 0 saturated heterocycles. The van der Waals surface area contributed by atoms with Gasteiger partial charge in [-0.3, -0.25) is 4.90 Å². The zero-order valence-electron chi connectivity index (χ0n) is 21.3. The normalized spacial score (nSPS) is 19.2. The molecule has 192 valence electrons. The van der Waals surface area contributed by atoms with Gasteiger partial charge in [-0.05, 0) is 79.3 Å². The summed E-state index contributed by atoms with van der Waals surface area (Å²) in [6.45, 7) is 0.728. The summed E-state index contributed by atoms with van der Waals surface area (Å²) in [6.07, 6.45) is 12.4. The van der Waals surface area contributed by atoms with Gasteiger partial charge in [0.1, 0.15) is 5.75 Å². The molecule has 2 saturated carbocycles. The maximum absolute atomic E-state index is 13.5. The first-order chi connectivity index (χ1) is 17.5. The number of urea groups is 1. The zero-order chi connectivity index (χ0) is 25.1. The minimum Gasteiger partial charge on any atom is -0.493 e. The van der Waals surface area contributed by atoms with Crippen molar-refractivity contribution < 1.29 is 19.1 Å². The van der Waals surface area contributed by atoms with Gasteiger partial charge >= 0.3 is 12.0 Å². The summed E-state index contributed by atoms with van der Waals surface area (Å²) in [5.74, 6) is 1.44. The standard InChI is InChI=1S/C29H36N2O4S/c1-30-26-18-23(35-19-20-9-5-3-6-10-20)14-16-27(26)36-31(29(30)33)25-15-13-22(17-24(25)28(32)34-2)21-11-7-4-8-12-21/h13-18,20-21H,3-12,19H2,1-2H3. The number of anilines is 2. The van der Waals surface area contributed by atoms with Crippen LogP contribution in [0.25, 0.3) is 0 Å². The number of methoxy groups -OCH3 is 1. The van der Waals surface area contributed by atoms with Crippen molar-refractivity contribution in [2.75, 3.05) is 30.0 Å². The molecule has 0 atom stereocenters. The van der Waals surface area contributed by atoms with E-state index in [0.29, 0.717) is 23.1 Å². The first kappa shape index (κ1) is 25.0. The Labute approximate surface area is 218 Å². The van der Waals surface area contributed by atoms with Gasteiger partial charge in [-0.15, -0.1) is 0 Å². The molecule has 5 rings (SSSR count). The molecule has 2 fully saturated rings. The molecule has 2 amide bonds. The van der Waals surface area contributed by atoms with Crippen LogP contribution in [0.2, 0.25) is 0 Å². The number of hydrogen-bond acceptors (Lipinski definition) is 5. The van der Waals surface area contributed by atoms with Crippen LogP contribution in [0.3, 0.4) is 0 Å². The molecule has 0 spiro atoms. The van der Waals surface area contributed by atoms with Crippen molar-refractivity contribution in [2.45, 2.75) is 75.0 Å². The van der Waals surface area contributed by atoms with Gasteiger partial charge in [0.25, 0.3) is 0 Å². The van der Waals surface area contributed by atoms with Gasteiger partial charge in [-0.25, -0.2) is 13.9 Å². The highest BCUT2D eigenvalue weighted by molar-refractivity contribution is 8.01. The van der Waals surface area contributed by atoms with Crippen LogP contribution in [0.1, 0.15) is 86.0 Å². The number of ether oxygens (including phenoxy) is 2. The predicted molar refractivity (Wildman–Crippen MR) is 144 cm³/mol. The summed E-state index contributed by atoms with van der Waals surface area (Å²) in [4.78, 5) is 28.9. The van der Waals surface area contributed by atoms with E-state index in [9.17, 15) is 9.59 Å². The fourth-order valence-corrected chi connectivity index (χ4v) is 6.79. The number of esters is 1. The SMILES string of the molecule is COC(=O)c1cc(C2CCCCC2)ccc1N1Sc2ccc(OCC3CCCCC3)cc2N(C)C1=O. The summed E-state index contributed by atoms with van der Waals surface area (Å²) < 4.78 is 12.8. The maximum Gasteiger partial charge on any atom is 0.340 e. The Bertz CT molecular complexity index is 1110. The lowest BCUT2D eigenvalue weighted by Crippen LogP contribution is -2.41. The minimum atomic E-state index is -0.420. The highest BCUT2D eigenvalue weighted by atomic mass is 32.2. The topological polar surface area (TPSA) is 59.1 Å². The molecule has 36 heavy (non-hydrogen) atoms. The fourth-order valence-electron chi connectivity index (χ4n) is 5.72. The first-order valence-corrected chi connectivity index (χ1v) is 14.1. The number of nitrogens with zero attached hydrogens (tertiary/aromatic N) is 2. The molecule has 2 aromatic rings. The van der Waals surface area contributed by atoms with Gasteiger partial charge in [0.15, 0.2) is 0 Å². The molecule has 1 aliphatic heterocycles. The molecule has 3 aliphatic rings. The molecule has 0 radical (unpaired) electrons. The van der Waals surface area contributed by atoms with Crippen LogP contribution in [0.4, 0.5) is 16.2 Å². The molecular weight excluding hydrogens is 472 g/mol. The van der Waals surface area contributed by atoms with Gasteiger partial charge in [0, 0.05) is 13.1 Å². The van der Waals surface area contributed by atoms with Gasteiger partial charge in [-0.2, -0.15) is 0 Å². The van der Waals surface area contributed by atoms with E-state index < -0.39 is 5.97 Å². The average molecular weight is 509 g/mol. The molecule has 0 aromatic heterocycles. The van der Waals surface area contributed by atoms with Gasteiger partial charge in [-0.1, -0.05) is 44.6 Å². The lowest BCUT2D eigenvalue weighted by atomic mass is 9.83. The molecule has 2 aliphatic carbocycles. The van der Waals surface area contributed by atoms with Crippen LogP contribution in [0.5, 0.6) is 5.75 Å². The zero-order valence-corrected chi connectivity index (χ0v) is 22.1. The smallest absolute Gasteiger partial charge is 0.340 e. The van der Waals surface area contributed by atoms with Crippen LogP contribution in [-0.2, 0) is 4.74 Å². The van der Waals surface area contributed by atoms with E-state index in [-0.39, 0.29) is 6.03 Å². The quantitative estimate of drug-likeness (QED) is 0.298. The van der Waals surface area contributed by atoms with Crippen molar-refractivity contribution in [1.82, 2.24) is 0 Å². The van der Waals surface area contributed by atoms with Crippen LogP contribution in [-0.4, -0.2) is 32.8 Å². The summed E-state index contributed by atoms with van der Waals surface area (Å²) in [7, 11) is 3.16. The fraction of sp³-hybridized carbons (Fsp3) is 0.517. The Kier molecular flexibility index (Phi) is 7.75. The van der Waals surface area contributed by atoms with E-state index in [2.05, 4.69) is 6.07 Å². The summed E-state index contributed by atoms with van der Waals surface area (Å²) in [6, 6.07) is 11.6. The number of amides is 2. The van der Waals surface area contributed by atoms with Gasteiger partial charge in [0.05, 0.1) is 35.6 Å². The third-order valence-corrected chi connectivity index (χ3v) is 8.95. The molecule has 2 aromatic carbocycles. The molecule has 0 N–H and O–H groups in total. The second-order valence-electron chi connectivity index (χ2n) is 10.3. The third-order valence-electron chi connectivity index (χ3n) is 7.87. The Morgan fingerprint density at radius 3 is 2.39 bits per heavy atom. The Morgan fingerprint density at radius 1 is 0.944 bits per heavy atom. The second-order valence-corrected chi connectivity index (χ2v) is 11.3. The number of carbonyl (C=O) groups is 2. The summed E-state index contributed by atoms with van der Waals surface area (Å²) in [5.41, 5.74) is 2.97. The van der Waals surface area contributed by atoms with Crippen molar-refractivity contribution in [3.05, 3.63) is 47.5 Å². The molecule has 1 heterocycles. The first-order valence-electron chi connectivity index (χ1n) is 13.3. The highest BCUT2D eigenvalue weighted by Crippen LogP contribution is 2.44. The number of rotatable bonds is 6. The van der Waals surface area contributed by atoms with Crippen molar-refractivity contribution in [2.24, 2.45) is 5.92 Å². The van der Waals surface area contributed by atoms with E-state index >= 15 is 0 Å². The van der Waals surface area contributed by atoms with Crippen LogP contribution < -0.4 is 13.9 Å². The lowest BCUT2D eigenvalue weighted by molar-refractivity contribution is 0.0601. The van der Waals surface area contributed by atoms with Crippen molar-refractivity contribution in [1.29, 1.82) is 0 Å². The predicted octanol–water partition coefficient (Wildman–Crippen LogP) is 7.56. The summed E-state index contributed by atoms with van der Waals surface area (Å²) in [5, 5.41) is 0. The Hall–Kier alpha value is -2.67. The van der Waals surface area contributed by atoms with E-state index in [1.807, 2.05) is 30.3 Å². The van der Waals surface area contributed by atoms with E-state index in [1.165, 1.54) is 70.4 Å². The van der Waals surface area contributed by atoms with Crippen LogP contribution in [0, 0.1) is 5.92 Å². The lowest BCUT2D eigenvalue weighted by Gasteiger charge is -2.35. The van der Waals surface area contributed by atoms with Crippen LogP contribution >= 0.6 is 11.9 Å². The summed E-state index contributed by atoms with van der Waals surface area (Å²) >= 11 is 1.34. The second kappa shape index (κ2) is 11.2. The van der Waals surface area contributed by atoms with Crippen molar-refractivity contribution >= 4 is 35.3 Å². The van der Waals surface area contributed by atoms with Gasteiger partial charge in [0.2, 0.25) is 0 Å². The molecular formula is C29H36N2O4S. The van der Waals surface area contributed by atoms with Crippen molar-refractivity contribution in [3.8, 4) is 5.75 Å². The number of fused-ring (bicyclic) bond motifs is 1. The number of carbonyl (C=O) groups excluding carboxylic acids is 2. The average Bonchev–Trinajstić information content (AvgIpc) is 2.94. The third kappa shape index (κ3) is 5.22. The van der Waals surface area contributed by atoms with E-state index in [1.54, 1.807) is 16.3 Å². The number of benzene rings is 2. The van der Waals surface area contributed by atoms with Crippen molar-refractivity contribution in [3.63, 3.8) is 0 Å². The molecule has 7 heteroatoms. The Balaban J connectivity index is 1.38. The largest absolute Gasteiger partial charge is 0.493 e. The molecule has 0 bridgehead atoms. The van der Waals surface area contributed by atoms with Crippen LogP contribution in [0.15, 0.2) is 41.3 Å². The highest BCUT2D eigenvalue weighted by Gasteiger charge is 2.33.